The van der Waals surface area contributed by atoms with E-state index < -0.39 is 5.63 Å². The average molecular weight is 351 g/mol. The van der Waals surface area contributed by atoms with E-state index in [0.717, 1.165) is 36.1 Å². The molecule has 3 aromatic rings. The second-order valence-corrected chi connectivity index (χ2v) is 6.67. The normalized spacial score (nSPS) is 17.7. The van der Waals surface area contributed by atoms with Crippen molar-refractivity contribution in [3.05, 3.63) is 70.1 Å². The predicted molar refractivity (Wildman–Crippen MR) is 99.5 cm³/mol. The van der Waals surface area contributed by atoms with E-state index in [1.807, 2.05) is 12.1 Å². The molecule has 4 rings (SSSR count). The molecular weight excluding hydrogens is 330 g/mol. The molecule has 1 N–H and O–H groups in total. The number of methoxy groups -OCH3 is 1. The third-order valence-corrected chi connectivity index (χ3v) is 5.05. The van der Waals surface area contributed by atoms with Crippen LogP contribution in [0.4, 0.5) is 0 Å². The molecule has 0 aliphatic carbocycles. The second-order valence-electron chi connectivity index (χ2n) is 6.67. The fraction of sp³-hybridized carbons (Fsp3) is 0.286. The van der Waals surface area contributed by atoms with Gasteiger partial charge in [-0.2, -0.15) is 0 Å². The molecule has 2 heterocycles. The molecule has 5 heteroatoms. The van der Waals surface area contributed by atoms with Crippen LogP contribution in [0.3, 0.4) is 0 Å². The minimum atomic E-state index is -0.390. The van der Waals surface area contributed by atoms with Gasteiger partial charge in [-0.3, -0.25) is 4.90 Å². The van der Waals surface area contributed by atoms with Crippen LogP contribution in [0.25, 0.3) is 11.0 Å². The number of phenolic OH excluding ortho intramolecular Hbond substituents is 1. The van der Waals surface area contributed by atoms with Crippen molar-refractivity contribution in [2.45, 2.75) is 25.4 Å². The lowest BCUT2D eigenvalue weighted by molar-refractivity contribution is 0.249. The number of rotatable bonds is 4. The van der Waals surface area contributed by atoms with Crippen molar-refractivity contribution in [2.75, 3.05) is 13.7 Å². The summed E-state index contributed by atoms with van der Waals surface area (Å²) in [7, 11) is 1.67. The Morgan fingerprint density at radius 3 is 2.77 bits per heavy atom. The summed E-state index contributed by atoms with van der Waals surface area (Å²) in [5, 5.41) is 10.5. The van der Waals surface area contributed by atoms with Crippen LogP contribution >= 0.6 is 0 Å². The molecule has 1 aliphatic heterocycles. The number of ether oxygens (including phenoxy) is 1. The number of hydrogen-bond donors (Lipinski definition) is 1. The number of likely N-dealkylation sites (tertiary alicyclic amines) is 1. The third-order valence-electron chi connectivity index (χ3n) is 5.05. The van der Waals surface area contributed by atoms with E-state index >= 15 is 0 Å². The Labute approximate surface area is 151 Å². The van der Waals surface area contributed by atoms with Crippen molar-refractivity contribution in [3.8, 4) is 11.5 Å². The van der Waals surface area contributed by atoms with Gasteiger partial charge in [-0.15, -0.1) is 0 Å². The summed E-state index contributed by atoms with van der Waals surface area (Å²) in [4.78, 5) is 14.3. The highest BCUT2D eigenvalue weighted by molar-refractivity contribution is 5.81. The molecule has 1 saturated heterocycles. The number of benzene rings is 2. The fourth-order valence-electron chi connectivity index (χ4n) is 3.79. The van der Waals surface area contributed by atoms with Gasteiger partial charge in [0.05, 0.1) is 7.11 Å². The van der Waals surface area contributed by atoms with Gasteiger partial charge in [0.15, 0.2) is 0 Å². The van der Waals surface area contributed by atoms with Gasteiger partial charge in [-0.05, 0) is 54.8 Å². The van der Waals surface area contributed by atoms with Gasteiger partial charge >= 0.3 is 5.63 Å². The van der Waals surface area contributed by atoms with E-state index in [1.54, 1.807) is 25.3 Å². The average Bonchev–Trinajstić information content (AvgIpc) is 3.09. The van der Waals surface area contributed by atoms with Crippen molar-refractivity contribution >= 4 is 11.0 Å². The fourth-order valence-corrected chi connectivity index (χ4v) is 3.79. The molecule has 2 aromatic carbocycles. The summed E-state index contributed by atoms with van der Waals surface area (Å²) in [6.07, 6.45) is 2.21. The maximum atomic E-state index is 11.9. The number of nitrogens with zero attached hydrogens (tertiary/aromatic N) is 1. The maximum Gasteiger partial charge on any atom is 0.336 e. The second kappa shape index (κ2) is 6.84. The molecule has 1 aliphatic rings. The summed E-state index contributed by atoms with van der Waals surface area (Å²) < 4.78 is 10.5. The van der Waals surface area contributed by atoms with Gasteiger partial charge < -0.3 is 14.3 Å². The van der Waals surface area contributed by atoms with Crippen LogP contribution in [0.1, 0.15) is 30.0 Å². The van der Waals surface area contributed by atoms with Gasteiger partial charge in [0.1, 0.15) is 17.1 Å². The molecule has 134 valence electrons. The van der Waals surface area contributed by atoms with E-state index in [0.29, 0.717) is 18.2 Å². The number of aromatic hydroxyl groups is 1. The Morgan fingerprint density at radius 1 is 1.19 bits per heavy atom. The van der Waals surface area contributed by atoms with Gasteiger partial charge in [0.25, 0.3) is 0 Å². The zero-order chi connectivity index (χ0) is 18.1. The Kier molecular flexibility index (Phi) is 4.39. The molecule has 1 fully saturated rings. The van der Waals surface area contributed by atoms with E-state index in [1.165, 1.54) is 11.6 Å². The zero-order valence-electron chi connectivity index (χ0n) is 14.6. The van der Waals surface area contributed by atoms with Crippen molar-refractivity contribution < 1.29 is 14.3 Å². The Hall–Kier alpha value is -2.79. The van der Waals surface area contributed by atoms with Crippen LogP contribution in [-0.2, 0) is 6.54 Å². The van der Waals surface area contributed by atoms with E-state index in [2.05, 4.69) is 17.0 Å². The molecule has 5 nitrogen and oxygen atoms in total. The van der Waals surface area contributed by atoms with Crippen LogP contribution in [-0.4, -0.2) is 23.7 Å². The lowest BCUT2D eigenvalue weighted by Crippen LogP contribution is -2.23. The summed E-state index contributed by atoms with van der Waals surface area (Å²) in [6.45, 7) is 1.65. The van der Waals surface area contributed by atoms with Gasteiger partial charge in [-0.1, -0.05) is 12.1 Å². The first-order valence-corrected chi connectivity index (χ1v) is 8.78. The molecular formula is C21H21NO4. The minimum Gasteiger partial charge on any atom is -0.508 e. The van der Waals surface area contributed by atoms with E-state index in [9.17, 15) is 9.90 Å². The Morgan fingerprint density at radius 2 is 2.00 bits per heavy atom. The molecule has 26 heavy (non-hydrogen) atoms. The van der Waals surface area contributed by atoms with Gasteiger partial charge in [0, 0.05) is 30.1 Å². The largest absolute Gasteiger partial charge is 0.508 e. The van der Waals surface area contributed by atoms with Crippen molar-refractivity contribution in [3.63, 3.8) is 0 Å². The number of phenols is 1. The molecule has 0 bridgehead atoms. The quantitative estimate of drug-likeness (QED) is 0.724. The predicted octanol–water partition coefficient (Wildman–Crippen LogP) is 3.84. The molecule has 1 aromatic heterocycles. The highest BCUT2D eigenvalue weighted by atomic mass is 16.5. The molecule has 1 atom stereocenters. The Bertz CT molecular complexity index is 977. The monoisotopic (exact) mass is 351 g/mol. The highest BCUT2D eigenvalue weighted by Gasteiger charge is 2.26. The van der Waals surface area contributed by atoms with Gasteiger partial charge in [-0.25, -0.2) is 4.79 Å². The summed E-state index contributed by atoms with van der Waals surface area (Å²) in [6, 6.07) is 15.0. The first-order valence-electron chi connectivity index (χ1n) is 8.78. The maximum absolute atomic E-state index is 11.9. The first kappa shape index (κ1) is 16.7. The van der Waals surface area contributed by atoms with Crippen molar-refractivity contribution in [2.24, 2.45) is 0 Å². The lowest BCUT2D eigenvalue weighted by Gasteiger charge is -2.25. The first-order chi connectivity index (χ1) is 12.6. The minimum absolute atomic E-state index is 0.0927. The van der Waals surface area contributed by atoms with Crippen LogP contribution in [0.15, 0.2) is 57.7 Å². The van der Waals surface area contributed by atoms with Crippen LogP contribution < -0.4 is 10.4 Å². The number of fused-ring (bicyclic) bond motifs is 1. The van der Waals surface area contributed by atoms with Crippen molar-refractivity contribution in [1.29, 1.82) is 0 Å². The molecule has 0 spiro atoms. The van der Waals surface area contributed by atoms with Crippen molar-refractivity contribution in [1.82, 2.24) is 4.90 Å². The third kappa shape index (κ3) is 3.18. The summed E-state index contributed by atoms with van der Waals surface area (Å²) in [5.74, 6) is 0.944. The molecule has 0 saturated carbocycles. The van der Waals surface area contributed by atoms with Crippen LogP contribution in [0.2, 0.25) is 0 Å². The van der Waals surface area contributed by atoms with E-state index in [4.69, 9.17) is 9.15 Å². The smallest absolute Gasteiger partial charge is 0.336 e. The van der Waals surface area contributed by atoms with Gasteiger partial charge in [0.2, 0.25) is 0 Å². The molecule has 0 amide bonds. The summed E-state index contributed by atoms with van der Waals surface area (Å²) >= 11 is 0. The highest BCUT2D eigenvalue weighted by Crippen LogP contribution is 2.35. The summed E-state index contributed by atoms with van der Waals surface area (Å²) in [5.41, 5.74) is 2.22. The topological polar surface area (TPSA) is 62.9 Å². The van der Waals surface area contributed by atoms with Crippen LogP contribution in [0, 0.1) is 0 Å². The van der Waals surface area contributed by atoms with Crippen LogP contribution in [0.5, 0.6) is 11.5 Å². The zero-order valence-corrected chi connectivity index (χ0v) is 14.6. The Balaban J connectivity index is 1.65. The molecule has 0 radical (unpaired) electrons. The lowest BCUT2D eigenvalue weighted by atomic mass is 10.0. The molecule has 0 unspecified atom stereocenters. The van der Waals surface area contributed by atoms with E-state index in [-0.39, 0.29) is 5.75 Å². The SMILES string of the molecule is COc1ccc([C@@H]2CCCN2Cc2cc(=O)oc3cc(O)ccc23)cc1. The standard InChI is InChI=1S/C21H21NO4/c1-25-17-7-4-14(5-8-17)19-3-2-10-22(19)13-15-11-21(24)26-20-12-16(23)6-9-18(15)20/h4-9,11-12,19,23H,2-3,10,13H2,1H3/t19-/m0/s1. The number of hydrogen-bond acceptors (Lipinski definition) is 5.